The molecule has 1 aromatic rings. The zero-order chi connectivity index (χ0) is 21.0. The van der Waals surface area contributed by atoms with Crippen molar-refractivity contribution in [1.29, 1.82) is 0 Å². The number of ether oxygens (including phenoxy) is 2. The van der Waals surface area contributed by atoms with E-state index in [-0.39, 0.29) is 36.6 Å². The Morgan fingerprint density at radius 1 is 1.14 bits per heavy atom. The average Bonchev–Trinajstić information content (AvgIpc) is 2.97. The number of imide groups is 1. The molecule has 0 radical (unpaired) electrons. The molecule has 3 atom stereocenters. The SMILES string of the molecule is COc1ccccc1NC(=O)[C@@H](C)OC(=O)CCN1C(=O)[C@H]2CCCC[C@H]2C1=O. The van der Waals surface area contributed by atoms with Gasteiger partial charge in [0.25, 0.3) is 5.91 Å². The Morgan fingerprint density at radius 3 is 2.38 bits per heavy atom. The number of para-hydroxylation sites is 2. The number of esters is 1. The molecule has 29 heavy (non-hydrogen) atoms. The molecule has 8 heteroatoms. The Hall–Kier alpha value is -2.90. The number of rotatable bonds is 7. The van der Waals surface area contributed by atoms with E-state index in [9.17, 15) is 19.2 Å². The molecule has 1 aliphatic heterocycles. The first-order valence-electron chi connectivity index (χ1n) is 9.91. The number of hydrogen-bond donors (Lipinski definition) is 1. The van der Waals surface area contributed by atoms with Crippen LogP contribution in [0.3, 0.4) is 0 Å². The molecule has 2 fully saturated rings. The zero-order valence-electron chi connectivity index (χ0n) is 16.7. The van der Waals surface area contributed by atoms with E-state index in [2.05, 4.69) is 5.32 Å². The van der Waals surface area contributed by atoms with E-state index < -0.39 is 18.0 Å². The largest absolute Gasteiger partial charge is 0.495 e. The van der Waals surface area contributed by atoms with Crippen LogP contribution >= 0.6 is 0 Å². The summed E-state index contributed by atoms with van der Waals surface area (Å²) in [5.74, 6) is -1.49. The number of carbonyl (C=O) groups excluding carboxylic acids is 4. The van der Waals surface area contributed by atoms with Crippen molar-refractivity contribution in [3.8, 4) is 5.75 Å². The maximum Gasteiger partial charge on any atom is 0.308 e. The molecule has 1 aliphatic carbocycles. The smallest absolute Gasteiger partial charge is 0.308 e. The van der Waals surface area contributed by atoms with Crippen molar-refractivity contribution in [3.63, 3.8) is 0 Å². The van der Waals surface area contributed by atoms with Crippen LogP contribution in [0.5, 0.6) is 5.75 Å². The third-order valence-corrected chi connectivity index (χ3v) is 5.51. The molecule has 156 valence electrons. The normalized spacial score (nSPS) is 22.1. The Kier molecular flexibility index (Phi) is 6.51. The van der Waals surface area contributed by atoms with Crippen molar-refractivity contribution in [1.82, 2.24) is 4.90 Å². The minimum Gasteiger partial charge on any atom is -0.495 e. The quantitative estimate of drug-likeness (QED) is 0.554. The predicted octanol–water partition coefficient (Wildman–Crippen LogP) is 2.13. The van der Waals surface area contributed by atoms with Gasteiger partial charge in [-0.25, -0.2) is 0 Å². The first-order chi connectivity index (χ1) is 13.9. The van der Waals surface area contributed by atoms with Gasteiger partial charge in [0.1, 0.15) is 5.75 Å². The molecule has 8 nitrogen and oxygen atoms in total. The van der Waals surface area contributed by atoms with Gasteiger partial charge in [-0.15, -0.1) is 0 Å². The summed E-state index contributed by atoms with van der Waals surface area (Å²) in [5.41, 5.74) is 0.471. The number of methoxy groups -OCH3 is 1. The van der Waals surface area contributed by atoms with Crippen molar-refractivity contribution < 1.29 is 28.7 Å². The summed E-state index contributed by atoms with van der Waals surface area (Å²) in [6, 6.07) is 6.90. The van der Waals surface area contributed by atoms with Gasteiger partial charge in [-0.05, 0) is 31.9 Å². The molecule has 0 spiro atoms. The monoisotopic (exact) mass is 402 g/mol. The number of fused-ring (bicyclic) bond motifs is 1. The van der Waals surface area contributed by atoms with Crippen molar-refractivity contribution in [2.75, 3.05) is 19.0 Å². The first kappa shape index (κ1) is 20.8. The Morgan fingerprint density at radius 2 is 1.76 bits per heavy atom. The van der Waals surface area contributed by atoms with Gasteiger partial charge in [0.2, 0.25) is 11.8 Å². The minimum absolute atomic E-state index is 0.00958. The summed E-state index contributed by atoms with van der Waals surface area (Å²) in [6.45, 7) is 1.45. The molecule has 1 saturated heterocycles. The molecule has 0 unspecified atom stereocenters. The lowest BCUT2D eigenvalue weighted by molar-refractivity contribution is -0.154. The number of likely N-dealkylation sites (tertiary alicyclic amines) is 1. The number of hydrogen-bond acceptors (Lipinski definition) is 6. The molecule has 1 N–H and O–H groups in total. The second-order valence-electron chi connectivity index (χ2n) is 7.40. The lowest BCUT2D eigenvalue weighted by Crippen LogP contribution is -2.35. The summed E-state index contributed by atoms with van der Waals surface area (Å²) in [4.78, 5) is 50.5. The van der Waals surface area contributed by atoms with E-state index >= 15 is 0 Å². The predicted molar refractivity (Wildman–Crippen MR) is 104 cm³/mol. The van der Waals surface area contributed by atoms with Crippen LogP contribution in [0.1, 0.15) is 39.0 Å². The number of nitrogens with one attached hydrogen (secondary N) is 1. The fourth-order valence-electron chi connectivity index (χ4n) is 3.95. The topological polar surface area (TPSA) is 102 Å². The lowest BCUT2D eigenvalue weighted by Gasteiger charge is -2.19. The van der Waals surface area contributed by atoms with Crippen LogP contribution in [0, 0.1) is 11.8 Å². The highest BCUT2D eigenvalue weighted by Crippen LogP contribution is 2.38. The lowest BCUT2D eigenvalue weighted by atomic mass is 9.81. The van der Waals surface area contributed by atoms with E-state index in [0.29, 0.717) is 11.4 Å². The Bertz CT molecular complexity index is 784. The van der Waals surface area contributed by atoms with E-state index in [1.807, 2.05) is 0 Å². The van der Waals surface area contributed by atoms with E-state index in [1.165, 1.54) is 18.9 Å². The highest BCUT2D eigenvalue weighted by atomic mass is 16.5. The van der Waals surface area contributed by atoms with Crippen LogP contribution in [0.15, 0.2) is 24.3 Å². The highest BCUT2D eigenvalue weighted by molar-refractivity contribution is 6.05. The van der Waals surface area contributed by atoms with Crippen LogP contribution in [0.25, 0.3) is 0 Å². The number of nitrogens with zero attached hydrogens (tertiary/aromatic N) is 1. The zero-order valence-corrected chi connectivity index (χ0v) is 16.7. The average molecular weight is 402 g/mol. The summed E-state index contributed by atoms with van der Waals surface area (Å²) in [7, 11) is 1.49. The second kappa shape index (κ2) is 9.07. The molecule has 3 rings (SSSR count). The fourth-order valence-corrected chi connectivity index (χ4v) is 3.95. The molecule has 1 aromatic carbocycles. The van der Waals surface area contributed by atoms with Crippen LogP contribution in [0.4, 0.5) is 5.69 Å². The number of benzene rings is 1. The highest BCUT2D eigenvalue weighted by Gasteiger charge is 2.47. The fraction of sp³-hybridized carbons (Fsp3) is 0.524. The molecule has 1 heterocycles. The third-order valence-electron chi connectivity index (χ3n) is 5.51. The van der Waals surface area contributed by atoms with Gasteiger partial charge in [0.05, 0.1) is 31.1 Å². The van der Waals surface area contributed by atoms with Crippen LogP contribution in [0.2, 0.25) is 0 Å². The molecule has 3 amide bonds. The Labute approximate surface area is 169 Å². The van der Waals surface area contributed by atoms with E-state index in [4.69, 9.17) is 9.47 Å². The van der Waals surface area contributed by atoms with Gasteiger partial charge in [0.15, 0.2) is 6.10 Å². The van der Waals surface area contributed by atoms with Gasteiger partial charge < -0.3 is 14.8 Å². The second-order valence-corrected chi connectivity index (χ2v) is 7.40. The summed E-state index contributed by atoms with van der Waals surface area (Å²) < 4.78 is 10.3. The molecular weight excluding hydrogens is 376 g/mol. The molecule has 1 saturated carbocycles. The minimum atomic E-state index is -1.03. The van der Waals surface area contributed by atoms with Crippen molar-refractivity contribution in [2.24, 2.45) is 11.8 Å². The van der Waals surface area contributed by atoms with E-state index in [1.54, 1.807) is 24.3 Å². The van der Waals surface area contributed by atoms with Crippen LogP contribution in [-0.4, -0.2) is 48.3 Å². The molecule has 2 aliphatic rings. The standard InChI is InChI=1S/C21H26N2O6/c1-13(19(25)22-16-9-5-6-10-17(16)28-2)29-18(24)11-12-23-20(26)14-7-3-4-8-15(14)21(23)27/h5-6,9-10,13-15H,3-4,7-8,11-12H2,1-2H3,(H,22,25)/t13-,14-,15+/m1/s1. The maximum atomic E-state index is 12.4. The van der Waals surface area contributed by atoms with Gasteiger partial charge in [-0.2, -0.15) is 0 Å². The first-order valence-corrected chi connectivity index (χ1v) is 9.91. The van der Waals surface area contributed by atoms with Crippen molar-refractivity contribution >= 4 is 29.4 Å². The summed E-state index contributed by atoms with van der Waals surface area (Å²) in [6.07, 6.45) is 2.21. The Balaban J connectivity index is 1.49. The number of anilines is 1. The summed E-state index contributed by atoms with van der Waals surface area (Å²) in [5, 5.41) is 2.65. The van der Waals surface area contributed by atoms with Crippen LogP contribution < -0.4 is 10.1 Å². The van der Waals surface area contributed by atoms with Gasteiger partial charge in [-0.1, -0.05) is 25.0 Å². The van der Waals surface area contributed by atoms with Gasteiger partial charge in [-0.3, -0.25) is 24.1 Å². The molecule has 0 aromatic heterocycles. The third kappa shape index (κ3) is 4.58. The van der Waals surface area contributed by atoms with Crippen molar-refractivity contribution in [2.45, 2.75) is 45.1 Å². The van der Waals surface area contributed by atoms with Gasteiger partial charge in [0, 0.05) is 6.54 Å². The number of carbonyl (C=O) groups is 4. The van der Waals surface area contributed by atoms with Crippen LogP contribution in [-0.2, 0) is 23.9 Å². The van der Waals surface area contributed by atoms with Crippen molar-refractivity contribution in [3.05, 3.63) is 24.3 Å². The molecule has 0 bridgehead atoms. The maximum absolute atomic E-state index is 12.4. The number of amides is 3. The molecular formula is C21H26N2O6. The van der Waals surface area contributed by atoms with E-state index in [0.717, 1.165) is 25.7 Å². The van der Waals surface area contributed by atoms with Gasteiger partial charge >= 0.3 is 5.97 Å². The summed E-state index contributed by atoms with van der Waals surface area (Å²) >= 11 is 0.